The van der Waals surface area contributed by atoms with Gasteiger partial charge in [0.15, 0.2) is 0 Å². The van der Waals surface area contributed by atoms with E-state index in [2.05, 4.69) is 34.3 Å². The number of amides is 1. The first-order chi connectivity index (χ1) is 12.2. The largest absolute Gasteiger partial charge is 0.351 e. The molecule has 2 saturated heterocycles. The van der Waals surface area contributed by atoms with E-state index in [-0.39, 0.29) is 11.3 Å². The van der Waals surface area contributed by atoms with Gasteiger partial charge in [-0.05, 0) is 70.8 Å². The van der Waals surface area contributed by atoms with E-state index >= 15 is 0 Å². The smallest absolute Gasteiger partial charge is 0.230 e. The lowest BCUT2D eigenvalue weighted by atomic mass is 9.93. The Morgan fingerprint density at radius 3 is 2.48 bits per heavy atom. The molecule has 0 radical (unpaired) electrons. The van der Waals surface area contributed by atoms with E-state index in [0.29, 0.717) is 12.1 Å². The number of piperidine rings is 2. The van der Waals surface area contributed by atoms with Crippen LogP contribution in [0.15, 0.2) is 30.3 Å². The van der Waals surface area contributed by atoms with Crippen LogP contribution < -0.4 is 5.32 Å². The number of carbonyl (C=O) groups excluding carboxylic acids is 1. The highest BCUT2D eigenvalue weighted by Gasteiger charge is 2.51. The lowest BCUT2D eigenvalue weighted by molar-refractivity contribution is -0.124. The minimum Gasteiger partial charge on any atom is -0.351 e. The van der Waals surface area contributed by atoms with Crippen molar-refractivity contribution >= 4 is 5.91 Å². The summed E-state index contributed by atoms with van der Waals surface area (Å²) in [7, 11) is 2.22. The molecule has 4 nitrogen and oxygen atoms in total. The fourth-order valence-electron chi connectivity index (χ4n) is 4.67. The Kier molecular flexibility index (Phi) is 4.83. The van der Waals surface area contributed by atoms with Crippen molar-refractivity contribution in [3.05, 3.63) is 35.9 Å². The number of nitrogens with one attached hydrogen (secondary N) is 1. The Morgan fingerprint density at radius 1 is 1.08 bits per heavy atom. The van der Waals surface area contributed by atoms with Gasteiger partial charge >= 0.3 is 0 Å². The molecule has 1 aromatic rings. The Bertz CT molecular complexity index is 590. The number of rotatable bonds is 4. The molecule has 1 amide bonds. The van der Waals surface area contributed by atoms with Crippen molar-refractivity contribution in [1.82, 2.24) is 15.1 Å². The van der Waals surface area contributed by atoms with Crippen molar-refractivity contribution in [2.75, 3.05) is 33.2 Å². The van der Waals surface area contributed by atoms with Crippen LogP contribution in [0.2, 0.25) is 0 Å². The van der Waals surface area contributed by atoms with Crippen LogP contribution in [0, 0.1) is 0 Å². The van der Waals surface area contributed by atoms with Gasteiger partial charge in [-0.3, -0.25) is 9.69 Å². The number of benzene rings is 1. The zero-order chi connectivity index (χ0) is 17.3. The molecule has 2 aliphatic heterocycles. The molecule has 0 bridgehead atoms. The lowest BCUT2D eigenvalue weighted by Crippen LogP contribution is -2.54. The fourth-order valence-corrected chi connectivity index (χ4v) is 4.67. The number of carbonyl (C=O) groups is 1. The molecule has 25 heavy (non-hydrogen) atoms. The maximum absolute atomic E-state index is 13.0. The zero-order valence-electron chi connectivity index (χ0n) is 15.4. The topological polar surface area (TPSA) is 35.6 Å². The Hall–Kier alpha value is -1.39. The van der Waals surface area contributed by atoms with E-state index in [1.165, 1.54) is 44.5 Å². The van der Waals surface area contributed by atoms with Gasteiger partial charge in [0.2, 0.25) is 5.91 Å². The first-order valence-corrected chi connectivity index (χ1v) is 9.96. The first kappa shape index (κ1) is 17.0. The molecule has 136 valence electrons. The van der Waals surface area contributed by atoms with Crippen LogP contribution in [0.5, 0.6) is 0 Å². The van der Waals surface area contributed by atoms with Crippen LogP contribution in [-0.4, -0.2) is 61.0 Å². The Labute approximate surface area is 151 Å². The zero-order valence-corrected chi connectivity index (χ0v) is 15.4. The van der Waals surface area contributed by atoms with Crippen molar-refractivity contribution in [2.24, 2.45) is 0 Å². The summed E-state index contributed by atoms with van der Waals surface area (Å²) in [6, 6.07) is 11.4. The van der Waals surface area contributed by atoms with E-state index in [4.69, 9.17) is 0 Å². The summed E-state index contributed by atoms with van der Waals surface area (Å²) >= 11 is 0. The number of likely N-dealkylation sites (tertiary alicyclic amines) is 2. The van der Waals surface area contributed by atoms with Gasteiger partial charge in [0.25, 0.3) is 0 Å². The number of nitrogens with zero attached hydrogens (tertiary/aromatic N) is 2. The molecule has 1 saturated carbocycles. The Morgan fingerprint density at radius 2 is 1.80 bits per heavy atom. The van der Waals surface area contributed by atoms with Crippen LogP contribution in [0.1, 0.15) is 44.1 Å². The summed E-state index contributed by atoms with van der Waals surface area (Å²) in [6.45, 7) is 4.64. The van der Waals surface area contributed by atoms with Gasteiger partial charge in [0.1, 0.15) is 0 Å². The van der Waals surface area contributed by atoms with Gasteiger partial charge in [-0.25, -0.2) is 0 Å². The molecule has 0 unspecified atom stereocenters. The summed E-state index contributed by atoms with van der Waals surface area (Å²) in [5.41, 5.74) is 0.951. The third-order valence-corrected chi connectivity index (χ3v) is 6.50. The molecule has 2 heterocycles. The van der Waals surface area contributed by atoms with Crippen LogP contribution in [-0.2, 0) is 10.2 Å². The minimum atomic E-state index is -0.239. The molecule has 0 spiro atoms. The second-order valence-corrected chi connectivity index (χ2v) is 8.29. The van der Waals surface area contributed by atoms with Crippen LogP contribution in [0.3, 0.4) is 0 Å². The first-order valence-electron chi connectivity index (χ1n) is 9.96. The lowest BCUT2D eigenvalue weighted by Gasteiger charge is -2.42. The fraction of sp³-hybridized carbons (Fsp3) is 0.667. The van der Waals surface area contributed by atoms with Gasteiger partial charge in [-0.15, -0.1) is 0 Å². The van der Waals surface area contributed by atoms with Gasteiger partial charge in [-0.2, -0.15) is 0 Å². The van der Waals surface area contributed by atoms with E-state index in [0.717, 1.165) is 25.8 Å². The van der Waals surface area contributed by atoms with E-state index < -0.39 is 0 Å². The van der Waals surface area contributed by atoms with E-state index in [9.17, 15) is 4.79 Å². The number of hydrogen-bond donors (Lipinski definition) is 1. The predicted molar refractivity (Wildman–Crippen MR) is 101 cm³/mol. The maximum Gasteiger partial charge on any atom is 0.230 e. The summed E-state index contributed by atoms with van der Waals surface area (Å²) in [5, 5.41) is 3.41. The van der Waals surface area contributed by atoms with Crippen LogP contribution in [0.25, 0.3) is 0 Å². The molecule has 1 atom stereocenters. The summed E-state index contributed by atoms with van der Waals surface area (Å²) in [4.78, 5) is 18.1. The summed E-state index contributed by atoms with van der Waals surface area (Å²) in [5.74, 6) is 0.258. The molecule has 4 heteroatoms. The summed E-state index contributed by atoms with van der Waals surface area (Å²) in [6.07, 6.45) is 6.86. The molecule has 3 fully saturated rings. The minimum absolute atomic E-state index is 0.239. The standard InChI is InChI=1S/C21H31N3O/c1-23-14-9-19(10-15-23)24-13-5-8-18(16-24)22-20(25)21(11-12-21)17-6-3-2-4-7-17/h2-4,6-7,18-19H,5,8-16H2,1H3,(H,22,25)/t18-/m0/s1. The molecule has 1 aliphatic carbocycles. The maximum atomic E-state index is 13.0. The third-order valence-electron chi connectivity index (χ3n) is 6.50. The van der Waals surface area contributed by atoms with Crippen LogP contribution >= 0.6 is 0 Å². The normalized spacial score (nSPS) is 27.8. The average Bonchev–Trinajstić information content (AvgIpc) is 3.45. The van der Waals surface area contributed by atoms with Crippen molar-refractivity contribution in [2.45, 2.75) is 56.0 Å². The Balaban J connectivity index is 1.35. The molecule has 3 aliphatic rings. The second kappa shape index (κ2) is 7.08. The van der Waals surface area contributed by atoms with Crippen molar-refractivity contribution < 1.29 is 4.79 Å². The molecule has 0 aromatic heterocycles. The van der Waals surface area contributed by atoms with Gasteiger partial charge < -0.3 is 10.2 Å². The quantitative estimate of drug-likeness (QED) is 0.913. The number of hydrogen-bond acceptors (Lipinski definition) is 3. The van der Waals surface area contributed by atoms with Gasteiger partial charge in [0, 0.05) is 18.6 Å². The summed E-state index contributed by atoms with van der Waals surface area (Å²) < 4.78 is 0. The third kappa shape index (κ3) is 3.61. The molecular weight excluding hydrogens is 310 g/mol. The van der Waals surface area contributed by atoms with Crippen molar-refractivity contribution in [3.8, 4) is 0 Å². The highest BCUT2D eigenvalue weighted by atomic mass is 16.2. The van der Waals surface area contributed by atoms with E-state index in [1.807, 2.05) is 18.2 Å². The van der Waals surface area contributed by atoms with Crippen molar-refractivity contribution in [1.29, 1.82) is 0 Å². The van der Waals surface area contributed by atoms with Gasteiger partial charge in [-0.1, -0.05) is 30.3 Å². The molecule has 1 N–H and O–H groups in total. The van der Waals surface area contributed by atoms with Crippen molar-refractivity contribution in [3.63, 3.8) is 0 Å². The SMILES string of the molecule is CN1CCC(N2CCC[C@H](NC(=O)C3(c4ccccc4)CC3)C2)CC1. The van der Waals surface area contributed by atoms with Gasteiger partial charge in [0.05, 0.1) is 5.41 Å². The predicted octanol–water partition coefficient (Wildman–Crippen LogP) is 2.39. The highest BCUT2D eigenvalue weighted by molar-refractivity contribution is 5.91. The second-order valence-electron chi connectivity index (χ2n) is 8.29. The van der Waals surface area contributed by atoms with Crippen LogP contribution in [0.4, 0.5) is 0 Å². The van der Waals surface area contributed by atoms with E-state index in [1.54, 1.807) is 0 Å². The molecule has 1 aromatic carbocycles. The monoisotopic (exact) mass is 341 g/mol. The molecular formula is C21H31N3O. The average molecular weight is 341 g/mol. The molecule has 4 rings (SSSR count). The highest BCUT2D eigenvalue weighted by Crippen LogP contribution is 2.48.